The van der Waals surface area contributed by atoms with Gasteiger partial charge in [-0.2, -0.15) is 0 Å². The lowest BCUT2D eigenvalue weighted by atomic mass is 9.83. The lowest BCUT2D eigenvalue weighted by Gasteiger charge is -2.30. The Morgan fingerprint density at radius 3 is 1.91 bits per heavy atom. The minimum Gasteiger partial charge on any atom is -0.489 e. The summed E-state index contributed by atoms with van der Waals surface area (Å²) in [5.41, 5.74) is 1.97. The summed E-state index contributed by atoms with van der Waals surface area (Å²) < 4.78 is 5.89. The van der Waals surface area contributed by atoms with E-state index in [1.165, 1.54) is 0 Å². The van der Waals surface area contributed by atoms with Crippen LogP contribution in [0.5, 0.6) is 5.75 Å². The van der Waals surface area contributed by atoms with Gasteiger partial charge in [0.25, 0.3) is 5.91 Å². The highest BCUT2D eigenvalue weighted by atomic mass is 16.5. The summed E-state index contributed by atoms with van der Waals surface area (Å²) in [6.07, 6.45) is 0.333. The molecule has 4 heteroatoms. The van der Waals surface area contributed by atoms with Gasteiger partial charge in [0, 0.05) is 18.5 Å². The second-order valence-corrected chi connectivity index (χ2v) is 7.90. The third kappa shape index (κ3) is 5.68. The highest BCUT2D eigenvalue weighted by Crippen LogP contribution is 2.33. The van der Waals surface area contributed by atoms with Gasteiger partial charge in [0.15, 0.2) is 0 Å². The van der Waals surface area contributed by atoms with Gasteiger partial charge in [0.2, 0.25) is 0 Å². The average molecular weight is 438 g/mol. The third-order valence-corrected chi connectivity index (χ3v) is 5.64. The highest BCUT2D eigenvalue weighted by Gasteiger charge is 2.31. The van der Waals surface area contributed by atoms with Gasteiger partial charge in [0.05, 0.1) is 0 Å². The van der Waals surface area contributed by atoms with E-state index in [1.54, 1.807) is 12.1 Å². The van der Waals surface area contributed by atoms with Crippen LogP contribution in [0.25, 0.3) is 0 Å². The molecule has 1 atom stereocenters. The molecule has 0 heterocycles. The van der Waals surface area contributed by atoms with E-state index in [-0.39, 0.29) is 5.91 Å². The van der Waals surface area contributed by atoms with Crippen LogP contribution in [0.3, 0.4) is 0 Å². The van der Waals surface area contributed by atoms with E-state index in [1.807, 2.05) is 103 Å². The Morgan fingerprint density at radius 1 is 0.727 bits per heavy atom. The molecule has 0 saturated heterocycles. The summed E-state index contributed by atoms with van der Waals surface area (Å²) in [7, 11) is 0. The largest absolute Gasteiger partial charge is 0.489 e. The Kier molecular flexibility index (Phi) is 7.18. The minimum atomic E-state index is -1.25. The molecule has 1 unspecified atom stereocenters. The van der Waals surface area contributed by atoms with Gasteiger partial charge < -0.3 is 15.2 Å². The molecule has 0 aliphatic carbocycles. The molecule has 166 valence electrons. The van der Waals surface area contributed by atoms with Gasteiger partial charge in [-0.1, -0.05) is 91.0 Å². The number of hydrogen-bond donors (Lipinski definition) is 2. The predicted octanol–water partition coefficient (Wildman–Crippen LogP) is 5.32. The molecule has 0 spiro atoms. The smallest absolute Gasteiger partial charge is 0.251 e. The topological polar surface area (TPSA) is 58.6 Å². The van der Waals surface area contributed by atoms with E-state index in [0.717, 1.165) is 22.4 Å². The molecular formula is C29H27NO3. The van der Waals surface area contributed by atoms with Crippen molar-refractivity contribution in [2.75, 3.05) is 6.54 Å². The summed E-state index contributed by atoms with van der Waals surface area (Å²) in [5.74, 6) is 0.575. The fourth-order valence-electron chi connectivity index (χ4n) is 3.79. The van der Waals surface area contributed by atoms with Crippen molar-refractivity contribution in [2.45, 2.75) is 18.6 Å². The van der Waals surface area contributed by atoms with Gasteiger partial charge in [-0.15, -0.1) is 0 Å². The molecule has 0 saturated carbocycles. The van der Waals surface area contributed by atoms with Crippen molar-refractivity contribution in [1.82, 2.24) is 5.32 Å². The van der Waals surface area contributed by atoms with Crippen LogP contribution in [0, 0.1) is 0 Å². The number of rotatable bonds is 9. The van der Waals surface area contributed by atoms with Crippen molar-refractivity contribution < 1.29 is 14.6 Å². The molecule has 2 N–H and O–H groups in total. The molecule has 0 aliphatic rings. The Balaban J connectivity index is 1.47. The quantitative estimate of drug-likeness (QED) is 0.373. The molecule has 4 aromatic carbocycles. The maximum absolute atomic E-state index is 12.4. The zero-order valence-corrected chi connectivity index (χ0v) is 18.4. The summed E-state index contributed by atoms with van der Waals surface area (Å²) in [6.45, 7) is 0.806. The molecule has 0 fully saturated rings. The molecule has 0 aromatic heterocycles. The molecule has 4 nitrogen and oxygen atoms in total. The third-order valence-electron chi connectivity index (χ3n) is 5.64. The fourth-order valence-corrected chi connectivity index (χ4v) is 3.79. The molecule has 4 rings (SSSR count). The second-order valence-electron chi connectivity index (χ2n) is 7.90. The fraction of sp³-hybridized carbons (Fsp3) is 0.138. The first-order valence-corrected chi connectivity index (χ1v) is 11.0. The zero-order valence-electron chi connectivity index (χ0n) is 18.4. The predicted molar refractivity (Wildman–Crippen MR) is 130 cm³/mol. The number of nitrogens with one attached hydrogen (secondary N) is 1. The zero-order chi connectivity index (χ0) is 22.9. The Morgan fingerprint density at radius 2 is 1.27 bits per heavy atom. The molecule has 4 aromatic rings. The van der Waals surface area contributed by atoms with Crippen LogP contribution in [-0.4, -0.2) is 17.6 Å². The summed E-state index contributed by atoms with van der Waals surface area (Å²) in [6, 6.07) is 36.1. The number of carbonyl (C=O) groups is 1. The van der Waals surface area contributed by atoms with E-state index in [0.29, 0.717) is 25.1 Å². The first-order valence-electron chi connectivity index (χ1n) is 11.0. The number of benzene rings is 4. The van der Waals surface area contributed by atoms with Crippen LogP contribution in [0.2, 0.25) is 0 Å². The monoisotopic (exact) mass is 437 g/mol. The average Bonchev–Trinajstić information content (AvgIpc) is 2.89. The molecule has 0 aliphatic heterocycles. The van der Waals surface area contributed by atoms with Crippen molar-refractivity contribution >= 4 is 5.91 Å². The first kappa shape index (κ1) is 22.3. The lowest BCUT2D eigenvalue weighted by molar-refractivity contribution is 0.0690. The molecular weight excluding hydrogens is 410 g/mol. The molecule has 0 radical (unpaired) electrons. The van der Waals surface area contributed by atoms with Crippen molar-refractivity contribution in [3.05, 3.63) is 138 Å². The van der Waals surface area contributed by atoms with Crippen LogP contribution in [0.1, 0.15) is 33.5 Å². The van der Waals surface area contributed by atoms with E-state index < -0.39 is 5.60 Å². The van der Waals surface area contributed by atoms with E-state index >= 15 is 0 Å². The van der Waals surface area contributed by atoms with Gasteiger partial charge in [-0.3, -0.25) is 4.79 Å². The molecule has 0 bridgehead atoms. The molecule has 33 heavy (non-hydrogen) atoms. The summed E-state index contributed by atoms with van der Waals surface area (Å²) in [4.78, 5) is 12.4. The van der Waals surface area contributed by atoms with E-state index in [4.69, 9.17) is 4.74 Å². The summed E-state index contributed by atoms with van der Waals surface area (Å²) in [5, 5.41) is 14.7. The van der Waals surface area contributed by atoms with Gasteiger partial charge >= 0.3 is 0 Å². The van der Waals surface area contributed by atoms with Crippen LogP contribution < -0.4 is 10.1 Å². The van der Waals surface area contributed by atoms with E-state index in [9.17, 15) is 9.90 Å². The van der Waals surface area contributed by atoms with Crippen LogP contribution in [0.4, 0.5) is 0 Å². The standard InChI is InChI=1S/C29H27NO3/c31-28(24-12-6-2-7-13-24)30-21-20-29(32,25-14-8-3-9-15-25)26-16-18-27(19-17-26)33-22-23-10-4-1-5-11-23/h1-19,32H,20-22H2,(H,30,31). The normalized spacial score (nSPS) is 12.5. The Bertz CT molecular complexity index is 1150. The number of ether oxygens (including phenoxy) is 1. The van der Waals surface area contributed by atoms with Gasteiger partial charge in [-0.05, 0) is 41.0 Å². The van der Waals surface area contributed by atoms with Crippen molar-refractivity contribution in [1.29, 1.82) is 0 Å². The first-order chi connectivity index (χ1) is 16.1. The SMILES string of the molecule is O=C(NCCC(O)(c1ccccc1)c1ccc(OCc2ccccc2)cc1)c1ccccc1. The van der Waals surface area contributed by atoms with Crippen LogP contribution in [-0.2, 0) is 12.2 Å². The maximum Gasteiger partial charge on any atom is 0.251 e. The van der Waals surface area contributed by atoms with Crippen LogP contribution in [0.15, 0.2) is 115 Å². The summed E-state index contributed by atoms with van der Waals surface area (Å²) >= 11 is 0. The van der Waals surface area contributed by atoms with Crippen molar-refractivity contribution in [3.63, 3.8) is 0 Å². The highest BCUT2D eigenvalue weighted by molar-refractivity contribution is 5.94. The van der Waals surface area contributed by atoms with Gasteiger partial charge in [-0.25, -0.2) is 0 Å². The van der Waals surface area contributed by atoms with Crippen molar-refractivity contribution in [3.8, 4) is 5.75 Å². The van der Waals surface area contributed by atoms with Gasteiger partial charge in [0.1, 0.15) is 18.0 Å². The van der Waals surface area contributed by atoms with Crippen molar-refractivity contribution in [2.24, 2.45) is 0 Å². The number of aliphatic hydroxyl groups is 1. The lowest BCUT2D eigenvalue weighted by Crippen LogP contribution is -2.34. The number of carbonyl (C=O) groups excluding carboxylic acids is 1. The number of amides is 1. The van der Waals surface area contributed by atoms with Crippen LogP contribution >= 0.6 is 0 Å². The Labute approximate surface area is 194 Å². The maximum atomic E-state index is 12.4. The minimum absolute atomic E-state index is 0.157. The molecule has 1 amide bonds. The Hall–Kier alpha value is -3.89. The number of hydrogen-bond acceptors (Lipinski definition) is 3. The second kappa shape index (κ2) is 10.6. The van der Waals surface area contributed by atoms with E-state index in [2.05, 4.69) is 5.32 Å².